The maximum Gasteiger partial charge on any atom is 0.230 e. The van der Waals surface area contributed by atoms with Crippen LogP contribution in [0, 0.1) is 0 Å². The largest absolute Gasteiger partial charge is 0.508 e. The van der Waals surface area contributed by atoms with Crippen molar-refractivity contribution in [2.24, 2.45) is 0 Å². The Kier molecular flexibility index (Phi) is 8.96. The second kappa shape index (κ2) is 12.4. The number of aromatic hydroxyl groups is 3. The molecular weight excluding hydrogens is 580 g/mol. The van der Waals surface area contributed by atoms with E-state index < -0.39 is 110 Å². The number of fused-ring (bicyclic) bond motifs is 1. The van der Waals surface area contributed by atoms with Crippen LogP contribution in [-0.2, 0) is 14.2 Å². The molecule has 0 saturated carbocycles. The first-order valence-electron chi connectivity index (χ1n) is 13.3. The number of phenols is 3. The summed E-state index contributed by atoms with van der Waals surface area (Å²) in [7, 11) is 0. The molecule has 0 aromatic heterocycles. The third kappa shape index (κ3) is 5.82. The van der Waals surface area contributed by atoms with Crippen molar-refractivity contribution >= 4 is 5.78 Å². The maximum absolute atomic E-state index is 13.1. The van der Waals surface area contributed by atoms with Crippen molar-refractivity contribution in [3.8, 4) is 28.7 Å². The van der Waals surface area contributed by atoms with Gasteiger partial charge in [-0.15, -0.1) is 0 Å². The molecule has 2 aromatic carbocycles. The molecule has 236 valence electrons. The first-order valence-corrected chi connectivity index (χ1v) is 13.3. The van der Waals surface area contributed by atoms with E-state index in [2.05, 4.69) is 0 Å². The fourth-order valence-corrected chi connectivity index (χ4v) is 5.19. The first-order chi connectivity index (χ1) is 20.4. The lowest BCUT2D eigenvalue weighted by atomic mass is 9.95. The van der Waals surface area contributed by atoms with Crippen LogP contribution in [0.4, 0.5) is 0 Å². The van der Waals surface area contributed by atoms with E-state index >= 15 is 0 Å². The highest BCUT2D eigenvalue weighted by Gasteiger charge is 2.52. The Morgan fingerprint density at radius 2 is 1.37 bits per heavy atom. The zero-order chi connectivity index (χ0) is 31.2. The normalized spacial score (nSPS) is 36.1. The third-order valence-electron chi connectivity index (χ3n) is 7.57. The highest BCUT2D eigenvalue weighted by Crippen LogP contribution is 2.50. The van der Waals surface area contributed by atoms with E-state index in [0.29, 0.717) is 5.56 Å². The van der Waals surface area contributed by atoms with Gasteiger partial charge in [-0.2, -0.15) is 0 Å². The van der Waals surface area contributed by atoms with Gasteiger partial charge in [0.05, 0.1) is 19.6 Å². The van der Waals surface area contributed by atoms with Crippen molar-refractivity contribution < 1.29 is 79.5 Å². The second-order valence-electron chi connectivity index (χ2n) is 10.4. The number of ether oxygens (including phenoxy) is 5. The Morgan fingerprint density at radius 1 is 0.767 bits per heavy atom. The lowest BCUT2D eigenvalue weighted by Gasteiger charge is -2.46. The molecule has 3 heterocycles. The van der Waals surface area contributed by atoms with E-state index in [0.717, 1.165) is 6.07 Å². The van der Waals surface area contributed by atoms with Gasteiger partial charge in [0.15, 0.2) is 29.7 Å². The first kappa shape index (κ1) is 31.1. The number of phenolic OH excluding ortho intramolecular Hbond substituents is 3. The van der Waals surface area contributed by atoms with Crippen molar-refractivity contribution in [1.29, 1.82) is 0 Å². The quantitative estimate of drug-likeness (QED) is 0.155. The minimum absolute atomic E-state index is 0.0373. The number of hydrogen-bond acceptors (Lipinski definition) is 16. The highest BCUT2D eigenvalue weighted by molar-refractivity contribution is 6.03. The summed E-state index contributed by atoms with van der Waals surface area (Å²) in [5, 5.41) is 102. The van der Waals surface area contributed by atoms with Gasteiger partial charge in [0.1, 0.15) is 65.9 Å². The van der Waals surface area contributed by atoms with Crippen LogP contribution in [0.2, 0.25) is 0 Å². The lowest BCUT2D eigenvalue weighted by molar-refractivity contribution is -0.358. The molecule has 3 aliphatic heterocycles. The predicted octanol–water partition coefficient (Wildman–Crippen LogP) is -2.49. The average molecular weight is 613 g/mol. The van der Waals surface area contributed by atoms with Gasteiger partial charge in [-0.05, 0) is 17.7 Å². The summed E-state index contributed by atoms with van der Waals surface area (Å²) in [6.45, 7) is -1.60. The summed E-state index contributed by atoms with van der Waals surface area (Å²) in [6, 6.07) is 6.55. The van der Waals surface area contributed by atoms with Crippen molar-refractivity contribution in [2.45, 2.75) is 73.9 Å². The number of aliphatic hydroxyl groups excluding tert-OH is 7. The zero-order valence-electron chi connectivity index (χ0n) is 22.3. The lowest BCUT2D eigenvalue weighted by Crippen LogP contribution is -2.65. The van der Waals surface area contributed by atoms with Crippen LogP contribution >= 0.6 is 0 Å². The molecule has 3 aliphatic rings. The zero-order valence-corrected chi connectivity index (χ0v) is 22.3. The van der Waals surface area contributed by atoms with Crippen LogP contribution < -0.4 is 9.47 Å². The van der Waals surface area contributed by atoms with Crippen LogP contribution in [0.25, 0.3) is 0 Å². The summed E-state index contributed by atoms with van der Waals surface area (Å²) in [4.78, 5) is 13.1. The molecule has 2 fully saturated rings. The number of ketones is 1. The summed E-state index contributed by atoms with van der Waals surface area (Å²) in [5.74, 6) is -2.97. The average Bonchev–Trinajstić information content (AvgIpc) is 2.98. The van der Waals surface area contributed by atoms with Gasteiger partial charge in [-0.25, -0.2) is 0 Å². The molecule has 11 unspecified atom stereocenters. The third-order valence-corrected chi connectivity index (χ3v) is 7.57. The molecule has 16 nitrogen and oxygen atoms in total. The monoisotopic (exact) mass is 612 g/mol. The van der Waals surface area contributed by atoms with Crippen molar-refractivity contribution in [2.75, 3.05) is 13.2 Å². The van der Waals surface area contributed by atoms with Crippen LogP contribution in [-0.4, -0.2) is 131 Å². The van der Waals surface area contributed by atoms with Gasteiger partial charge in [0.25, 0.3) is 0 Å². The summed E-state index contributed by atoms with van der Waals surface area (Å²) >= 11 is 0. The predicted molar refractivity (Wildman–Crippen MR) is 137 cm³/mol. The molecule has 43 heavy (non-hydrogen) atoms. The van der Waals surface area contributed by atoms with E-state index in [4.69, 9.17) is 23.7 Å². The topological polar surface area (TPSA) is 266 Å². The fraction of sp³-hybridized carbons (Fsp3) is 0.519. The van der Waals surface area contributed by atoms with E-state index in [9.17, 15) is 55.9 Å². The molecule has 0 aliphatic carbocycles. The second-order valence-corrected chi connectivity index (χ2v) is 10.4. The van der Waals surface area contributed by atoms with Gasteiger partial charge < -0.3 is 74.7 Å². The van der Waals surface area contributed by atoms with Crippen LogP contribution in [0.5, 0.6) is 28.7 Å². The van der Waals surface area contributed by atoms with Gasteiger partial charge in [-0.3, -0.25) is 4.79 Å². The highest BCUT2D eigenvalue weighted by atomic mass is 16.8. The smallest absolute Gasteiger partial charge is 0.230 e. The number of rotatable bonds is 7. The number of carbonyl (C=O) groups excluding carboxylic acids is 1. The van der Waals surface area contributed by atoms with Crippen molar-refractivity contribution in [1.82, 2.24) is 0 Å². The molecular formula is C27H32O16. The number of carbonyl (C=O) groups is 1. The van der Waals surface area contributed by atoms with Crippen LogP contribution in [0.3, 0.4) is 0 Å². The minimum Gasteiger partial charge on any atom is -0.508 e. The van der Waals surface area contributed by atoms with Gasteiger partial charge in [0, 0.05) is 6.07 Å². The molecule has 0 amide bonds. The number of benzene rings is 2. The molecule has 0 spiro atoms. The number of hydrogen-bond donors (Lipinski definition) is 10. The Hall–Kier alpha value is -3.29. The molecule has 5 rings (SSSR count). The molecule has 0 radical (unpaired) electrons. The Balaban J connectivity index is 1.49. The standard InChI is InChI=1S/C27H32O16/c28-7-15-18(34)20(36)22(38)26(40-15)43-25-21(37)19(35)16(8-29)41-27(25)42-23-13(33)5-11(31)17-12(32)6-14(39-24(17)23)9-1-3-10(30)4-2-9/h1-5,14-16,18-22,25-31,33-38H,6-8H2. The SMILES string of the molecule is O=C1CC(c2ccc(O)cc2)Oc2c(OC3OC(CO)C(O)C(O)C3OC3OC(CO)C(O)C(O)C3O)c(O)cc(O)c21. The van der Waals surface area contributed by atoms with Gasteiger partial charge >= 0.3 is 0 Å². The van der Waals surface area contributed by atoms with Crippen LogP contribution in [0.15, 0.2) is 30.3 Å². The molecule has 16 heteroatoms. The molecule has 11 atom stereocenters. The Morgan fingerprint density at radius 3 is 2.00 bits per heavy atom. The summed E-state index contributed by atoms with van der Waals surface area (Å²) < 4.78 is 28.3. The van der Waals surface area contributed by atoms with E-state index in [1.165, 1.54) is 24.3 Å². The molecule has 10 N–H and O–H groups in total. The Labute approximate surface area is 243 Å². The maximum atomic E-state index is 13.1. The fourth-order valence-electron chi connectivity index (χ4n) is 5.19. The van der Waals surface area contributed by atoms with Crippen LogP contribution in [0.1, 0.15) is 28.4 Å². The Bertz CT molecular complexity index is 1300. The number of Topliss-reactive ketones (excluding diaryl/α,β-unsaturated/α-hetero) is 1. The van der Waals surface area contributed by atoms with Crippen molar-refractivity contribution in [3.63, 3.8) is 0 Å². The minimum atomic E-state index is -1.92. The van der Waals surface area contributed by atoms with E-state index in [1.807, 2.05) is 0 Å². The summed E-state index contributed by atoms with van der Waals surface area (Å²) in [5.41, 5.74) is 0.117. The molecule has 0 bridgehead atoms. The van der Waals surface area contributed by atoms with Gasteiger partial charge in [-0.1, -0.05) is 12.1 Å². The molecule has 2 aromatic rings. The van der Waals surface area contributed by atoms with E-state index in [1.54, 1.807) is 0 Å². The van der Waals surface area contributed by atoms with Gasteiger partial charge in [0.2, 0.25) is 12.0 Å². The molecule has 2 saturated heterocycles. The summed E-state index contributed by atoms with van der Waals surface area (Å²) in [6.07, 6.45) is -18.7. The number of aliphatic hydroxyl groups is 7. The van der Waals surface area contributed by atoms with Crippen molar-refractivity contribution in [3.05, 3.63) is 41.5 Å². The van der Waals surface area contributed by atoms with E-state index in [-0.39, 0.29) is 17.7 Å².